The fraction of sp³-hybridized carbons (Fsp3) is 0.267. The summed E-state index contributed by atoms with van der Waals surface area (Å²) in [6.45, 7) is 4.26. The van der Waals surface area contributed by atoms with Gasteiger partial charge in [0.2, 0.25) is 0 Å². The van der Waals surface area contributed by atoms with Gasteiger partial charge in [0.15, 0.2) is 28.4 Å². The number of hydrogen-bond donors (Lipinski definition) is 0. The molecule has 0 aliphatic carbocycles. The summed E-state index contributed by atoms with van der Waals surface area (Å²) in [5.74, 6) is -5.70. The fourth-order valence-corrected chi connectivity index (χ4v) is 3.01. The molecule has 0 aliphatic rings. The van der Waals surface area contributed by atoms with E-state index in [1.807, 2.05) is 13.8 Å². The van der Waals surface area contributed by atoms with Gasteiger partial charge in [-0.2, -0.15) is 13.8 Å². The summed E-state index contributed by atoms with van der Waals surface area (Å²) in [6.07, 6.45) is 1.45. The lowest BCUT2D eigenvalue weighted by Crippen LogP contribution is -2.08. The number of hydrogen-bond acceptors (Lipinski definition) is 5. The topological polar surface area (TPSA) is 56.7 Å². The lowest BCUT2D eigenvalue weighted by Gasteiger charge is -2.12. The van der Waals surface area contributed by atoms with Gasteiger partial charge in [0.1, 0.15) is 0 Å². The van der Waals surface area contributed by atoms with Crippen LogP contribution >= 0.6 is 11.8 Å². The minimum absolute atomic E-state index is 0.0721. The molecule has 0 fully saturated rings. The molecular weight excluding hydrogens is 360 g/mol. The van der Waals surface area contributed by atoms with E-state index in [1.54, 1.807) is 16.7 Å². The molecule has 3 aromatic rings. The predicted octanol–water partition coefficient (Wildman–Crippen LogP) is 4.30. The molecule has 0 N–H and O–H groups in total. The average molecular weight is 372 g/mol. The molecule has 3 aromatic heterocycles. The highest BCUT2D eigenvalue weighted by Crippen LogP contribution is 2.34. The summed E-state index contributed by atoms with van der Waals surface area (Å²) in [5, 5.41) is 7.91. The zero-order valence-electron chi connectivity index (χ0n) is 13.1. The first-order valence-electron chi connectivity index (χ1n) is 7.23. The van der Waals surface area contributed by atoms with Crippen LogP contribution in [0.5, 0.6) is 0 Å². The summed E-state index contributed by atoms with van der Waals surface area (Å²) >= 11 is 0.434. The van der Waals surface area contributed by atoms with Gasteiger partial charge in [-0.25, -0.2) is 8.78 Å². The van der Waals surface area contributed by atoms with Crippen LogP contribution in [0.2, 0.25) is 0 Å². The lowest BCUT2D eigenvalue weighted by atomic mass is 10.2. The van der Waals surface area contributed by atoms with Crippen molar-refractivity contribution in [3.63, 3.8) is 0 Å². The van der Waals surface area contributed by atoms with Crippen LogP contribution in [-0.4, -0.2) is 19.7 Å². The summed E-state index contributed by atoms with van der Waals surface area (Å²) in [5.41, 5.74) is 0. The molecule has 0 aromatic carbocycles. The van der Waals surface area contributed by atoms with Crippen LogP contribution < -0.4 is 0 Å². The normalized spacial score (nSPS) is 11.5. The van der Waals surface area contributed by atoms with Gasteiger partial charge in [0.05, 0.1) is 11.2 Å². The van der Waals surface area contributed by atoms with Gasteiger partial charge in [-0.1, -0.05) is 13.8 Å². The highest BCUT2D eigenvalue weighted by atomic mass is 32.2. The molecule has 3 rings (SSSR count). The van der Waals surface area contributed by atoms with Crippen LogP contribution in [0.4, 0.5) is 17.6 Å². The molecule has 3 heterocycles. The van der Waals surface area contributed by atoms with Crippen molar-refractivity contribution < 1.29 is 22.0 Å². The monoisotopic (exact) mass is 372 g/mol. The Morgan fingerprint density at radius 2 is 1.80 bits per heavy atom. The first-order valence-corrected chi connectivity index (χ1v) is 8.05. The second-order valence-corrected chi connectivity index (χ2v) is 6.52. The fourth-order valence-electron chi connectivity index (χ4n) is 2.13. The number of aromatic nitrogens is 4. The van der Waals surface area contributed by atoms with Crippen molar-refractivity contribution in [2.45, 2.75) is 30.4 Å². The second-order valence-electron chi connectivity index (χ2n) is 5.54. The van der Waals surface area contributed by atoms with Crippen molar-refractivity contribution in [3.8, 4) is 11.6 Å². The van der Waals surface area contributed by atoms with Gasteiger partial charge in [-0.15, -0.1) is 10.2 Å². The Morgan fingerprint density at radius 3 is 2.36 bits per heavy atom. The number of furan rings is 1. The number of pyridine rings is 1. The maximum absolute atomic E-state index is 13.9. The Balaban J connectivity index is 2.07. The van der Waals surface area contributed by atoms with Crippen LogP contribution in [0, 0.1) is 29.4 Å². The van der Waals surface area contributed by atoms with Gasteiger partial charge in [-0.05, 0) is 29.8 Å². The van der Waals surface area contributed by atoms with E-state index in [1.165, 1.54) is 6.26 Å². The van der Waals surface area contributed by atoms with Gasteiger partial charge < -0.3 is 4.42 Å². The molecule has 0 atom stereocenters. The zero-order chi connectivity index (χ0) is 18.1. The van der Waals surface area contributed by atoms with E-state index in [2.05, 4.69) is 15.2 Å². The van der Waals surface area contributed by atoms with E-state index in [0.29, 0.717) is 29.9 Å². The minimum Gasteiger partial charge on any atom is -0.461 e. The Morgan fingerprint density at radius 1 is 1.12 bits per heavy atom. The Hall–Kier alpha value is -2.36. The Labute approximate surface area is 144 Å². The highest BCUT2D eigenvalue weighted by molar-refractivity contribution is 7.99. The summed E-state index contributed by atoms with van der Waals surface area (Å²) < 4.78 is 61.2. The van der Waals surface area contributed by atoms with E-state index in [-0.39, 0.29) is 11.1 Å². The van der Waals surface area contributed by atoms with Gasteiger partial charge in [0, 0.05) is 6.54 Å². The van der Waals surface area contributed by atoms with Crippen molar-refractivity contribution in [3.05, 3.63) is 41.9 Å². The number of nitrogens with zero attached hydrogens (tertiary/aromatic N) is 4. The van der Waals surface area contributed by atoms with Crippen LogP contribution in [0.1, 0.15) is 13.8 Å². The minimum atomic E-state index is -1.72. The molecule has 10 heteroatoms. The third kappa shape index (κ3) is 3.39. The molecule has 0 aliphatic heterocycles. The average Bonchev–Trinajstić information content (AvgIpc) is 3.19. The van der Waals surface area contributed by atoms with E-state index in [9.17, 15) is 17.6 Å². The Kier molecular flexibility index (Phi) is 4.80. The number of halogens is 4. The highest BCUT2D eigenvalue weighted by Gasteiger charge is 2.25. The van der Waals surface area contributed by atoms with Crippen LogP contribution in [-0.2, 0) is 6.54 Å². The van der Waals surface area contributed by atoms with Crippen molar-refractivity contribution in [2.24, 2.45) is 5.92 Å². The van der Waals surface area contributed by atoms with E-state index < -0.39 is 28.4 Å². The van der Waals surface area contributed by atoms with E-state index in [4.69, 9.17) is 4.42 Å². The van der Waals surface area contributed by atoms with Crippen molar-refractivity contribution in [2.75, 3.05) is 0 Å². The molecule has 0 spiro atoms. The first-order chi connectivity index (χ1) is 11.9. The SMILES string of the molecule is CC(C)Cn1c(Sc2c(F)c(F)nc(F)c2F)nnc1-c1ccco1. The third-order valence-electron chi connectivity index (χ3n) is 3.16. The molecular formula is C15H12F4N4OS. The van der Waals surface area contributed by atoms with Gasteiger partial charge >= 0.3 is 0 Å². The van der Waals surface area contributed by atoms with Gasteiger partial charge in [-0.3, -0.25) is 4.57 Å². The van der Waals surface area contributed by atoms with Gasteiger partial charge in [0.25, 0.3) is 11.9 Å². The molecule has 0 unspecified atom stereocenters. The first kappa shape index (κ1) is 17.5. The molecule has 25 heavy (non-hydrogen) atoms. The molecule has 5 nitrogen and oxygen atoms in total. The summed E-state index contributed by atoms with van der Waals surface area (Å²) in [7, 11) is 0. The smallest absolute Gasteiger partial charge is 0.252 e. The molecule has 0 saturated heterocycles. The van der Waals surface area contributed by atoms with Crippen LogP contribution in [0.25, 0.3) is 11.6 Å². The predicted molar refractivity (Wildman–Crippen MR) is 80.8 cm³/mol. The van der Waals surface area contributed by atoms with Crippen molar-refractivity contribution >= 4 is 11.8 Å². The quantitative estimate of drug-likeness (QED) is 0.494. The largest absolute Gasteiger partial charge is 0.461 e. The summed E-state index contributed by atoms with van der Waals surface area (Å²) in [4.78, 5) is 1.67. The van der Waals surface area contributed by atoms with E-state index in [0.717, 1.165) is 0 Å². The molecule has 132 valence electrons. The van der Waals surface area contributed by atoms with Crippen molar-refractivity contribution in [1.29, 1.82) is 0 Å². The standard InChI is InChI=1S/C15H12F4N4OS/c1-7(2)6-23-14(8-4-3-5-24-8)21-22-15(23)25-11-9(16)12(18)20-13(19)10(11)17/h3-5,7H,6H2,1-2H3. The maximum Gasteiger partial charge on any atom is 0.252 e. The molecule has 0 amide bonds. The second kappa shape index (κ2) is 6.87. The zero-order valence-corrected chi connectivity index (χ0v) is 14.0. The van der Waals surface area contributed by atoms with Crippen molar-refractivity contribution in [1.82, 2.24) is 19.7 Å². The summed E-state index contributed by atoms with van der Waals surface area (Å²) in [6, 6.07) is 3.31. The molecule has 0 saturated carbocycles. The van der Waals surface area contributed by atoms with Crippen LogP contribution in [0.3, 0.4) is 0 Å². The number of rotatable bonds is 5. The molecule has 0 bridgehead atoms. The lowest BCUT2D eigenvalue weighted by molar-refractivity contribution is 0.383. The maximum atomic E-state index is 13.9. The molecule has 0 radical (unpaired) electrons. The Bertz CT molecular complexity index is 869. The third-order valence-corrected chi connectivity index (χ3v) is 4.20. The van der Waals surface area contributed by atoms with E-state index >= 15 is 0 Å². The van der Waals surface area contributed by atoms with Crippen LogP contribution in [0.15, 0.2) is 32.9 Å².